The molecule has 0 aromatic rings. The number of amides is 2. The van der Waals surface area contributed by atoms with Crippen molar-refractivity contribution in [1.82, 2.24) is 10.6 Å². The van der Waals surface area contributed by atoms with E-state index in [9.17, 15) is 14.4 Å². The Balaban J connectivity index is 3.31. The summed E-state index contributed by atoms with van der Waals surface area (Å²) in [4.78, 5) is 34.0. The molecule has 0 radical (unpaired) electrons. The van der Waals surface area contributed by atoms with Crippen LogP contribution < -0.4 is 10.6 Å². The van der Waals surface area contributed by atoms with E-state index in [1.54, 1.807) is 0 Å². The van der Waals surface area contributed by atoms with Crippen molar-refractivity contribution in [2.75, 3.05) is 26.3 Å². The lowest BCUT2D eigenvalue weighted by Crippen LogP contribution is -2.26. The summed E-state index contributed by atoms with van der Waals surface area (Å²) in [5.74, 6) is 0.667. The molecule has 0 aromatic heterocycles. The first-order valence-corrected chi connectivity index (χ1v) is 9.08. The van der Waals surface area contributed by atoms with Crippen molar-refractivity contribution in [1.29, 1.82) is 0 Å². The van der Waals surface area contributed by atoms with Gasteiger partial charge in [0.2, 0.25) is 11.8 Å². The van der Waals surface area contributed by atoms with Gasteiger partial charge < -0.3 is 15.4 Å². The number of Topliss-reactive ketones (excluding diaryl/α,β-unsaturated/α-hetero) is 1. The highest BCUT2D eigenvalue weighted by Crippen LogP contribution is 1.99. The largest absolute Gasteiger partial charge is 0.381 e. The zero-order valence-electron chi connectivity index (χ0n) is 15.5. The molecule has 0 spiro atoms. The van der Waals surface area contributed by atoms with E-state index < -0.39 is 0 Å². The van der Waals surface area contributed by atoms with Gasteiger partial charge in [0.1, 0.15) is 5.78 Å². The number of hydrogen-bond donors (Lipinski definition) is 2. The van der Waals surface area contributed by atoms with Gasteiger partial charge in [0.25, 0.3) is 0 Å². The minimum Gasteiger partial charge on any atom is -0.381 e. The molecule has 0 saturated carbocycles. The van der Waals surface area contributed by atoms with Crippen molar-refractivity contribution < 1.29 is 19.1 Å². The standard InChI is InChI=1S/C18H34N2O4/c1-4-16(21)8-5-9-17(22)19-10-6-12-24-13-7-11-20-18(23)14-15(2)3/h15H,4-14H2,1-3H3,(H,19,22)(H,20,23). The lowest BCUT2D eigenvalue weighted by Gasteiger charge is -2.08. The monoisotopic (exact) mass is 342 g/mol. The first-order chi connectivity index (χ1) is 11.5. The SMILES string of the molecule is CCC(=O)CCCC(=O)NCCCOCCCNC(=O)CC(C)C. The van der Waals surface area contributed by atoms with Crippen LogP contribution in [0.25, 0.3) is 0 Å². The number of rotatable bonds is 15. The van der Waals surface area contributed by atoms with E-state index in [1.807, 2.05) is 20.8 Å². The molecule has 2 amide bonds. The second-order valence-electron chi connectivity index (χ2n) is 6.36. The Labute approximate surface area is 146 Å². The third-order valence-electron chi connectivity index (χ3n) is 3.42. The number of carbonyl (C=O) groups is 3. The van der Waals surface area contributed by atoms with Crippen LogP contribution in [0.3, 0.4) is 0 Å². The van der Waals surface area contributed by atoms with Crippen LogP contribution in [0.2, 0.25) is 0 Å². The van der Waals surface area contributed by atoms with Gasteiger partial charge in [-0.2, -0.15) is 0 Å². The summed E-state index contributed by atoms with van der Waals surface area (Å²) in [5, 5.41) is 5.69. The summed E-state index contributed by atoms with van der Waals surface area (Å²) < 4.78 is 5.46. The fourth-order valence-corrected chi connectivity index (χ4v) is 2.06. The molecule has 0 saturated heterocycles. The Morgan fingerprint density at radius 2 is 1.46 bits per heavy atom. The number of ether oxygens (including phenoxy) is 1. The fraction of sp³-hybridized carbons (Fsp3) is 0.833. The molecule has 0 aliphatic heterocycles. The number of ketones is 1. The van der Waals surface area contributed by atoms with Crippen LogP contribution >= 0.6 is 0 Å². The summed E-state index contributed by atoms with van der Waals surface area (Å²) in [7, 11) is 0. The van der Waals surface area contributed by atoms with Gasteiger partial charge in [0, 0.05) is 52.0 Å². The molecule has 0 aliphatic carbocycles. The van der Waals surface area contributed by atoms with E-state index in [-0.39, 0.29) is 17.6 Å². The van der Waals surface area contributed by atoms with Gasteiger partial charge in [0.05, 0.1) is 0 Å². The summed E-state index contributed by atoms with van der Waals surface area (Å²) in [6.45, 7) is 8.30. The highest BCUT2D eigenvalue weighted by molar-refractivity contribution is 5.80. The highest BCUT2D eigenvalue weighted by Gasteiger charge is 2.04. The zero-order chi connectivity index (χ0) is 18.2. The summed E-state index contributed by atoms with van der Waals surface area (Å²) in [6.07, 6.45) is 4.18. The maximum absolute atomic E-state index is 11.5. The summed E-state index contributed by atoms with van der Waals surface area (Å²) in [5.41, 5.74) is 0. The predicted molar refractivity (Wildman–Crippen MR) is 94.7 cm³/mol. The van der Waals surface area contributed by atoms with Crippen molar-refractivity contribution in [2.24, 2.45) is 5.92 Å². The van der Waals surface area contributed by atoms with Crippen molar-refractivity contribution in [3.8, 4) is 0 Å². The van der Waals surface area contributed by atoms with E-state index in [2.05, 4.69) is 10.6 Å². The van der Waals surface area contributed by atoms with Gasteiger partial charge in [-0.25, -0.2) is 0 Å². The highest BCUT2D eigenvalue weighted by atomic mass is 16.5. The zero-order valence-corrected chi connectivity index (χ0v) is 15.5. The van der Waals surface area contributed by atoms with Crippen molar-refractivity contribution in [2.45, 2.75) is 65.7 Å². The lowest BCUT2D eigenvalue weighted by molar-refractivity contribution is -0.122. The van der Waals surface area contributed by atoms with Crippen LogP contribution in [0.4, 0.5) is 0 Å². The van der Waals surface area contributed by atoms with Crippen LogP contribution in [0.1, 0.15) is 65.7 Å². The molecule has 0 aliphatic rings. The molecular formula is C18H34N2O4. The van der Waals surface area contributed by atoms with E-state index in [0.717, 1.165) is 12.8 Å². The van der Waals surface area contributed by atoms with Crippen molar-refractivity contribution >= 4 is 17.6 Å². The normalized spacial score (nSPS) is 10.7. The van der Waals surface area contributed by atoms with Crippen LogP contribution in [0.15, 0.2) is 0 Å². The van der Waals surface area contributed by atoms with Gasteiger partial charge in [-0.3, -0.25) is 14.4 Å². The van der Waals surface area contributed by atoms with Gasteiger partial charge in [-0.15, -0.1) is 0 Å². The smallest absolute Gasteiger partial charge is 0.220 e. The molecule has 6 heteroatoms. The van der Waals surface area contributed by atoms with Crippen molar-refractivity contribution in [3.63, 3.8) is 0 Å². The molecule has 0 heterocycles. The number of carbonyl (C=O) groups excluding carboxylic acids is 3. The first-order valence-electron chi connectivity index (χ1n) is 9.08. The Hall–Kier alpha value is -1.43. The predicted octanol–water partition coefficient (Wildman–Crippen LogP) is 2.21. The summed E-state index contributed by atoms with van der Waals surface area (Å²) in [6, 6.07) is 0. The Kier molecular flexibility index (Phi) is 14.2. The molecular weight excluding hydrogens is 308 g/mol. The molecule has 0 bridgehead atoms. The second kappa shape index (κ2) is 15.1. The van der Waals surface area contributed by atoms with E-state index in [0.29, 0.717) is 64.3 Å². The van der Waals surface area contributed by atoms with Gasteiger partial charge in [0.15, 0.2) is 0 Å². The molecule has 140 valence electrons. The Morgan fingerprint density at radius 1 is 0.875 bits per heavy atom. The van der Waals surface area contributed by atoms with E-state index >= 15 is 0 Å². The molecule has 6 nitrogen and oxygen atoms in total. The number of nitrogens with one attached hydrogen (secondary N) is 2. The number of hydrogen-bond acceptors (Lipinski definition) is 4. The molecule has 2 N–H and O–H groups in total. The first kappa shape index (κ1) is 22.6. The Bertz CT molecular complexity index is 370. The third kappa shape index (κ3) is 15.5. The Morgan fingerprint density at radius 3 is 2.00 bits per heavy atom. The second-order valence-corrected chi connectivity index (χ2v) is 6.36. The maximum atomic E-state index is 11.5. The third-order valence-corrected chi connectivity index (χ3v) is 3.42. The topological polar surface area (TPSA) is 84.5 Å². The molecule has 24 heavy (non-hydrogen) atoms. The van der Waals surface area contributed by atoms with Crippen LogP contribution in [0.5, 0.6) is 0 Å². The quantitative estimate of drug-likeness (QED) is 0.447. The molecule has 0 atom stereocenters. The minimum atomic E-state index is -0.00762. The van der Waals surface area contributed by atoms with Gasteiger partial charge >= 0.3 is 0 Å². The fourth-order valence-electron chi connectivity index (χ4n) is 2.06. The lowest BCUT2D eigenvalue weighted by atomic mass is 10.1. The van der Waals surface area contributed by atoms with Gasteiger partial charge in [-0.05, 0) is 25.2 Å². The molecule has 0 aromatic carbocycles. The van der Waals surface area contributed by atoms with E-state index in [1.165, 1.54) is 0 Å². The molecule has 0 unspecified atom stereocenters. The maximum Gasteiger partial charge on any atom is 0.220 e. The van der Waals surface area contributed by atoms with Gasteiger partial charge in [-0.1, -0.05) is 20.8 Å². The van der Waals surface area contributed by atoms with Crippen LogP contribution in [0, 0.1) is 5.92 Å². The molecule has 0 fully saturated rings. The van der Waals surface area contributed by atoms with Crippen molar-refractivity contribution in [3.05, 3.63) is 0 Å². The minimum absolute atomic E-state index is 0.00762. The van der Waals surface area contributed by atoms with Crippen LogP contribution in [-0.4, -0.2) is 43.9 Å². The van der Waals surface area contributed by atoms with Crippen LogP contribution in [-0.2, 0) is 19.1 Å². The van der Waals surface area contributed by atoms with E-state index in [4.69, 9.17) is 4.74 Å². The molecule has 0 rings (SSSR count). The average Bonchev–Trinajstić information content (AvgIpc) is 2.52. The summed E-state index contributed by atoms with van der Waals surface area (Å²) >= 11 is 0. The average molecular weight is 342 g/mol.